The van der Waals surface area contributed by atoms with Crippen LogP contribution in [-0.2, 0) is 16.0 Å². The van der Waals surface area contributed by atoms with E-state index in [9.17, 15) is 4.79 Å². The molecule has 1 aromatic rings. The molecule has 3 nitrogen and oxygen atoms in total. The number of benzene rings is 1. The first kappa shape index (κ1) is 22.8. The van der Waals surface area contributed by atoms with Crippen LogP contribution in [0.3, 0.4) is 0 Å². The normalized spacial score (nSPS) is 41.1. The molecule has 0 heterocycles. The molecule has 0 aliphatic heterocycles. The van der Waals surface area contributed by atoms with Gasteiger partial charge in [-0.05, 0) is 98.4 Å². The van der Waals surface area contributed by atoms with E-state index >= 15 is 0 Å². The Balaban J connectivity index is 1.09. The number of hydrogen-bond acceptors (Lipinski definition) is 3. The van der Waals surface area contributed by atoms with Crippen molar-refractivity contribution in [2.24, 2.45) is 28.6 Å². The molecule has 6 rings (SSSR count). The summed E-state index contributed by atoms with van der Waals surface area (Å²) < 4.78 is 6.00. The summed E-state index contributed by atoms with van der Waals surface area (Å²) in [4.78, 5) is 12.6. The Morgan fingerprint density at radius 2 is 1.82 bits per heavy atom. The highest BCUT2D eigenvalue weighted by Crippen LogP contribution is 2.65. The average Bonchev–Trinajstić information content (AvgIpc) is 3.60. The summed E-state index contributed by atoms with van der Waals surface area (Å²) in [5.41, 5.74) is 3.63. The van der Waals surface area contributed by atoms with E-state index in [4.69, 9.17) is 4.74 Å². The Labute approximate surface area is 206 Å². The maximum Gasteiger partial charge on any atom is 0.306 e. The number of rotatable bonds is 6. The molecular formula is C31H43NO2. The van der Waals surface area contributed by atoms with E-state index in [0.717, 1.165) is 49.1 Å². The number of carbonyl (C=O) groups excluding carboxylic acids is 1. The van der Waals surface area contributed by atoms with Crippen LogP contribution in [0.5, 0.6) is 0 Å². The van der Waals surface area contributed by atoms with Gasteiger partial charge >= 0.3 is 5.97 Å². The van der Waals surface area contributed by atoms with Crippen molar-refractivity contribution in [1.82, 2.24) is 5.32 Å². The van der Waals surface area contributed by atoms with Gasteiger partial charge in [-0.1, -0.05) is 55.8 Å². The third-order valence-electron chi connectivity index (χ3n) is 10.8. The van der Waals surface area contributed by atoms with Crippen LogP contribution in [0.15, 0.2) is 42.0 Å². The van der Waals surface area contributed by atoms with E-state index in [2.05, 4.69) is 37.4 Å². The van der Waals surface area contributed by atoms with Gasteiger partial charge in [-0.15, -0.1) is 0 Å². The minimum atomic E-state index is -0.0275. The van der Waals surface area contributed by atoms with Crippen molar-refractivity contribution in [2.45, 2.75) is 109 Å². The highest BCUT2D eigenvalue weighted by atomic mass is 16.5. The predicted octanol–water partition coefficient (Wildman–Crippen LogP) is 6.61. The molecule has 4 saturated carbocycles. The second-order valence-electron chi connectivity index (χ2n) is 12.7. The highest BCUT2D eigenvalue weighted by molar-refractivity contribution is 5.70. The summed E-state index contributed by atoms with van der Waals surface area (Å²) in [5.74, 6) is 2.52. The molecule has 0 amide bonds. The van der Waals surface area contributed by atoms with E-state index in [0.29, 0.717) is 17.3 Å². The number of hydrogen-bond donors (Lipinski definition) is 1. The largest absolute Gasteiger partial charge is 0.462 e. The first-order valence-corrected chi connectivity index (χ1v) is 14.1. The molecule has 0 saturated heterocycles. The molecule has 1 N–H and O–H groups in total. The van der Waals surface area contributed by atoms with Crippen LogP contribution in [0.4, 0.5) is 0 Å². The Morgan fingerprint density at radius 1 is 1.00 bits per heavy atom. The summed E-state index contributed by atoms with van der Waals surface area (Å²) in [6.45, 7) is 5.18. The van der Waals surface area contributed by atoms with Crippen molar-refractivity contribution in [2.75, 3.05) is 0 Å². The Hall–Kier alpha value is -1.61. The van der Waals surface area contributed by atoms with Crippen LogP contribution >= 0.6 is 0 Å². The second-order valence-corrected chi connectivity index (χ2v) is 12.7. The lowest BCUT2D eigenvalue weighted by Gasteiger charge is -2.58. The molecule has 0 aromatic heterocycles. The molecular weight excluding hydrogens is 418 g/mol. The summed E-state index contributed by atoms with van der Waals surface area (Å²) in [6, 6.07) is 11.8. The lowest BCUT2D eigenvalue weighted by molar-refractivity contribution is -0.151. The monoisotopic (exact) mass is 461 g/mol. The van der Waals surface area contributed by atoms with Gasteiger partial charge in [0.2, 0.25) is 0 Å². The fraction of sp³-hybridized carbons (Fsp3) is 0.710. The van der Waals surface area contributed by atoms with Gasteiger partial charge in [0, 0.05) is 24.9 Å². The molecule has 184 valence electrons. The van der Waals surface area contributed by atoms with Crippen molar-refractivity contribution in [3.8, 4) is 0 Å². The standard InChI is InChI=1S/C31H43NO2/c1-30-18-16-24(34-29(33)15-8-21-6-4-3-5-7-21)20-22(30)9-12-25-26-13-14-28(32-23-10-11-23)31(26,2)19-17-27(25)30/h3-7,9,23-28,32H,8,10-20H2,1-2H3/t24?,25-,26-,27+,28?,30-,31-/m0/s1. The second kappa shape index (κ2) is 8.80. The third kappa shape index (κ3) is 4.06. The van der Waals surface area contributed by atoms with Gasteiger partial charge < -0.3 is 10.1 Å². The molecule has 0 spiro atoms. The minimum absolute atomic E-state index is 0.0275. The maximum atomic E-state index is 12.6. The van der Waals surface area contributed by atoms with E-state index in [1.54, 1.807) is 5.57 Å². The molecule has 7 atom stereocenters. The summed E-state index contributed by atoms with van der Waals surface area (Å²) in [7, 11) is 0. The van der Waals surface area contributed by atoms with Gasteiger partial charge in [0.05, 0.1) is 0 Å². The van der Waals surface area contributed by atoms with Gasteiger partial charge in [0.15, 0.2) is 0 Å². The zero-order valence-corrected chi connectivity index (χ0v) is 21.2. The summed E-state index contributed by atoms with van der Waals surface area (Å²) in [5, 5.41) is 4.03. The number of nitrogens with one attached hydrogen (secondary N) is 1. The SMILES string of the molecule is C[C@]12CCC(OC(=O)CCc3ccccc3)CC1=CC[C@@H]1[C@H]2CC[C@]2(C)C(NC3CC3)CC[C@@H]12. The van der Waals surface area contributed by atoms with Crippen LogP contribution in [0.1, 0.15) is 90.0 Å². The molecule has 4 fully saturated rings. The fourth-order valence-corrected chi connectivity index (χ4v) is 8.67. The Bertz CT molecular complexity index is 936. The van der Waals surface area contributed by atoms with Crippen molar-refractivity contribution in [1.29, 1.82) is 0 Å². The molecule has 5 aliphatic rings. The fourth-order valence-electron chi connectivity index (χ4n) is 8.67. The van der Waals surface area contributed by atoms with E-state index in [-0.39, 0.29) is 12.1 Å². The minimum Gasteiger partial charge on any atom is -0.462 e. The summed E-state index contributed by atoms with van der Waals surface area (Å²) in [6.07, 6.45) is 16.7. The molecule has 3 heteroatoms. The van der Waals surface area contributed by atoms with Crippen molar-refractivity contribution >= 4 is 5.97 Å². The highest BCUT2D eigenvalue weighted by Gasteiger charge is 2.59. The number of ether oxygens (including phenoxy) is 1. The Morgan fingerprint density at radius 3 is 2.62 bits per heavy atom. The van der Waals surface area contributed by atoms with Gasteiger partial charge in [0.1, 0.15) is 6.10 Å². The molecule has 1 aromatic carbocycles. The van der Waals surface area contributed by atoms with Crippen LogP contribution in [0.25, 0.3) is 0 Å². The first-order chi connectivity index (χ1) is 16.5. The zero-order chi connectivity index (χ0) is 23.3. The third-order valence-corrected chi connectivity index (χ3v) is 10.8. The van der Waals surface area contributed by atoms with Gasteiger partial charge in [-0.2, -0.15) is 0 Å². The van der Waals surface area contributed by atoms with E-state index in [1.807, 2.05) is 18.2 Å². The van der Waals surface area contributed by atoms with Crippen LogP contribution < -0.4 is 5.32 Å². The van der Waals surface area contributed by atoms with E-state index in [1.165, 1.54) is 56.9 Å². The zero-order valence-electron chi connectivity index (χ0n) is 21.2. The van der Waals surface area contributed by atoms with Crippen molar-refractivity contribution in [3.63, 3.8) is 0 Å². The number of esters is 1. The van der Waals surface area contributed by atoms with Crippen LogP contribution in [0, 0.1) is 28.6 Å². The molecule has 0 bridgehead atoms. The molecule has 34 heavy (non-hydrogen) atoms. The topological polar surface area (TPSA) is 38.3 Å². The Kier molecular flexibility index (Phi) is 5.91. The number of carbonyl (C=O) groups is 1. The van der Waals surface area contributed by atoms with Crippen molar-refractivity contribution in [3.05, 3.63) is 47.5 Å². The first-order valence-electron chi connectivity index (χ1n) is 14.1. The lowest BCUT2D eigenvalue weighted by atomic mass is 9.48. The number of aryl methyl sites for hydroxylation is 1. The van der Waals surface area contributed by atoms with Crippen molar-refractivity contribution < 1.29 is 9.53 Å². The number of allylic oxidation sites excluding steroid dienone is 1. The molecule has 5 aliphatic carbocycles. The van der Waals surface area contributed by atoms with Crippen LogP contribution in [-0.4, -0.2) is 24.2 Å². The molecule has 2 unspecified atom stereocenters. The van der Waals surface area contributed by atoms with Gasteiger partial charge in [-0.3, -0.25) is 4.79 Å². The maximum absolute atomic E-state index is 12.6. The number of fused-ring (bicyclic) bond motifs is 5. The van der Waals surface area contributed by atoms with E-state index < -0.39 is 0 Å². The summed E-state index contributed by atoms with van der Waals surface area (Å²) >= 11 is 0. The average molecular weight is 462 g/mol. The van der Waals surface area contributed by atoms with Crippen LogP contribution in [0.2, 0.25) is 0 Å². The quantitative estimate of drug-likeness (QED) is 0.382. The molecule has 0 radical (unpaired) electrons. The lowest BCUT2D eigenvalue weighted by Crippen LogP contribution is -2.53. The smallest absolute Gasteiger partial charge is 0.306 e. The van der Waals surface area contributed by atoms with Gasteiger partial charge in [-0.25, -0.2) is 0 Å². The predicted molar refractivity (Wildman–Crippen MR) is 136 cm³/mol. The van der Waals surface area contributed by atoms with Gasteiger partial charge in [0.25, 0.3) is 0 Å².